The Balaban J connectivity index is 1.65. The molecule has 1 aliphatic heterocycles. The highest BCUT2D eigenvalue weighted by atomic mass is 16.5. The molecule has 3 N–H and O–H groups in total. The van der Waals surface area contributed by atoms with E-state index in [1.165, 1.54) is 0 Å². The molecule has 220 valence electrons. The Morgan fingerprint density at radius 1 is 0.921 bits per heavy atom. The van der Waals surface area contributed by atoms with E-state index in [9.17, 15) is 20.1 Å². The normalized spacial score (nSPS) is 46.8. The lowest BCUT2D eigenvalue weighted by molar-refractivity contribution is -0.220. The topological polar surface area (TPSA) is 96.2 Å². The summed E-state index contributed by atoms with van der Waals surface area (Å²) >= 11 is 0. The number of carbonyl (C=O) groups excluding carboxylic acids is 1. The molecule has 4 aliphatic rings. The summed E-state index contributed by atoms with van der Waals surface area (Å²) in [6, 6.07) is 0. The van der Waals surface area contributed by atoms with E-state index >= 15 is 0 Å². The maximum Gasteiger partial charge on any atom is 0.305 e. The van der Waals surface area contributed by atoms with Crippen molar-refractivity contribution in [3.63, 3.8) is 0 Å². The number of carbonyl (C=O) groups is 1. The second kappa shape index (κ2) is 9.99. The number of fused-ring (bicyclic) bond motifs is 3. The minimum absolute atomic E-state index is 0.0702. The quantitative estimate of drug-likeness (QED) is 0.347. The molecule has 1 heterocycles. The van der Waals surface area contributed by atoms with Gasteiger partial charge in [0.1, 0.15) is 0 Å². The van der Waals surface area contributed by atoms with Crippen molar-refractivity contribution in [2.24, 2.45) is 39.9 Å². The molecule has 6 nitrogen and oxygen atoms in total. The summed E-state index contributed by atoms with van der Waals surface area (Å²) in [6.45, 7) is 17.1. The zero-order valence-corrected chi connectivity index (χ0v) is 25.4. The highest BCUT2D eigenvalue weighted by molar-refractivity contribution is 5.69. The van der Waals surface area contributed by atoms with E-state index in [0.29, 0.717) is 37.2 Å². The van der Waals surface area contributed by atoms with Crippen molar-refractivity contribution in [2.75, 3.05) is 13.2 Å². The standard InChI is InChI=1S/C32H56O6/c1-9-37-26(34)15-16-28(4)23-11-10-21-22(32(8)19-14-25(38-32)27(2,3)35)12-17-29(21,5)30(23,6)18-13-24(28)31(7,36)20-33/h21-25,33,35-36H,9-20H2,1-8H3/t21-,22+,23-,24-,25-,28-,29-,30-,31+,32+/m1/s1. The van der Waals surface area contributed by atoms with Gasteiger partial charge in [-0.15, -0.1) is 0 Å². The molecular weight excluding hydrogens is 480 g/mol. The lowest BCUT2D eigenvalue weighted by atomic mass is 9.37. The van der Waals surface area contributed by atoms with Crippen molar-refractivity contribution >= 4 is 5.97 Å². The van der Waals surface area contributed by atoms with E-state index in [1.54, 1.807) is 6.92 Å². The Morgan fingerprint density at radius 3 is 2.16 bits per heavy atom. The third-order valence-electron chi connectivity index (χ3n) is 12.8. The highest BCUT2D eigenvalue weighted by Gasteiger charge is 2.69. The van der Waals surface area contributed by atoms with Crippen LogP contribution >= 0.6 is 0 Å². The molecule has 0 aromatic rings. The number of rotatable bonds is 8. The third-order valence-corrected chi connectivity index (χ3v) is 12.8. The summed E-state index contributed by atoms with van der Waals surface area (Å²) in [7, 11) is 0. The molecule has 0 aromatic carbocycles. The average molecular weight is 537 g/mol. The van der Waals surface area contributed by atoms with Gasteiger partial charge < -0.3 is 24.8 Å². The molecule has 3 saturated carbocycles. The van der Waals surface area contributed by atoms with Gasteiger partial charge in [0, 0.05) is 6.42 Å². The van der Waals surface area contributed by atoms with Crippen molar-refractivity contribution in [3.05, 3.63) is 0 Å². The molecule has 0 spiro atoms. The molecule has 4 rings (SSSR count). The first-order valence-corrected chi connectivity index (χ1v) is 15.4. The van der Waals surface area contributed by atoms with Crippen LogP contribution in [0.15, 0.2) is 0 Å². The van der Waals surface area contributed by atoms with E-state index in [4.69, 9.17) is 9.47 Å². The van der Waals surface area contributed by atoms with Crippen LogP contribution in [0.2, 0.25) is 0 Å². The third kappa shape index (κ3) is 4.67. The van der Waals surface area contributed by atoms with E-state index in [-0.39, 0.29) is 46.4 Å². The van der Waals surface area contributed by atoms with Crippen LogP contribution in [0.4, 0.5) is 0 Å². The summed E-state index contributed by atoms with van der Waals surface area (Å²) in [4.78, 5) is 12.5. The predicted octanol–water partition coefficient (Wildman–Crippen LogP) is 5.65. The lowest BCUT2D eigenvalue weighted by Crippen LogP contribution is -2.63. The van der Waals surface area contributed by atoms with Crippen LogP contribution in [-0.2, 0) is 14.3 Å². The first-order valence-electron chi connectivity index (χ1n) is 15.4. The first-order chi connectivity index (χ1) is 17.5. The molecule has 6 heteroatoms. The molecule has 3 aliphatic carbocycles. The van der Waals surface area contributed by atoms with Gasteiger partial charge in [0.2, 0.25) is 0 Å². The molecule has 38 heavy (non-hydrogen) atoms. The van der Waals surface area contributed by atoms with Gasteiger partial charge in [-0.25, -0.2) is 0 Å². The highest BCUT2D eigenvalue weighted by Crippen LogP contribution is 2.74. The fraction of sp³-hybridized carbons (Fsp3) is 0.969. The fourth-order valence-corrected chi connectivity index (χ4v) is 10.6. The average Bonchev–Trinajstić information content (AvgIpc) is 3.40. The zero-order valence-electron chi connectivity index (χ0n) is 25.4. The summed E-state index contributed by atoms with van der Waals surface area (Å²) in [6.07, 6.45) is 9.18. The molecule has 0 aromatic heterocycles. The smallest absolute Gasteiger partial charge is 0.305 e. The summed E-state index contributed by atoms with van der Waals surface area (Å²) in [5.74, 6) is 1.13. The zero-order chi connectivity index (χ0) is 28.4. The van der Waals surface area contributed by atoms with Gasteiger partial charge in [-0.05, 0) is 132 Å². The van der Waals surface area contributed by atoms with E-state index in [1.807, 2.05) is 20.8 Å². The summed E-state index contributed by atoms with van der Waals surface area (Å²) in [5.41, 5.74) is -2.29. The van der Waals surface area contributed by atoms with E-state index in [2.05, 4.69) is 27.7 Å². The molecule has 1 saturated heterocycles. The predicted molar refractivity (Wildman–Crippen MR) is 148 cm³/mol. The maximum atomic E-state index is 12.5. The number of esters is 1. The number of hydrogen-bond acceptors (Lipinski definition) is 6. The second-order valence-corrected chi connectivity index (χ2v) is 15.2. The van der Waals surface area contributed by atoms with Gasteiger partial charge in [-0.2, -0.15) is 0 Å². The van der Waals surface area contributed by atoms with Crippen LogP contribution in [0.1, 0.15) is 120 Å². The molecular formula is C32H56O6. The number of aliphatic hydroxyl groups is 3. The molecule has 0 unspecified atom stereocenters. The molecule has 0 radical (unpaired) electrons. The Bertz CT molecular complexity index is 880. The van der Waals surface area contributed by atoms with Gasteiger partial charge >= 0.3 is 5.97 Å². The maximum absolute atomic E-state index is 12.5. The monoisotopic (exact) mass is 536 g/mol. The molecule has 0 amide bonds. The van der Waals surface area contributed by atoms with Crippen molar-refractivity contribution in [3.8, 4) is 0 Å². The Labute approximate surface area is 231 Å². The van der Waals surface area contributed by atoms with Gasteiger partial charge in [-0.3, -0.25) is 4.79 Å². The number of hydrogen-bond donors (Lipinski definition) is 3. The minimum Gasteiger partial charge on any atom is -0.466 e. The van der Waals surface area contributed by atoms with Crippen LogP contribution in [0.3, 0.4) is 0 Å². The van der Waals surface area contributed by atoms with Gasteiger partial charge in [0.05, 0.1) is 36.1 Å². The lowest BCUT2D eigenvalue weighted by Gasteiger charge is -2.67. The van der Waals surface area contributed by atoms with Crippen LogP contribution in [-0.4, -0.2) is 57.4 Å². The van der Waals surface area contributed by atoms with Crippen molar-refractivity contribution in [1.82, 2.24) is 0 Å². The summed E-state index contributed by atoms with van der Waals surface area (Å²) in [5, 5.41) is 32.2. The Morgan fingerprint density at radius 2 is 1.58 bits per heavy atom. The molecule has 10 atom stereocenters. The second-order valence-electron chi connectivity index (χ2n) is 15.2. The largest absolute Gasteiger partial charge is 0.466 e. The Hall–Kier alpha value is -0.690. The first kappa shape index (κ1) is 30.3. The van der Waals surface area contributed by atoms with Crippen molar-refractivity contribution in [2.45, 2.75) is 143 Å². The van der Waals surface area contributed by atoms with Crippen molar-refractivity contribution in [1.29, 1.82) is 0 Å². The van der Waals surface area contributed by atoms with Gasteiger partial charge in [-0.1, -0.05) is 20.8 Å². The fourth-order valence-electron chi connectivity index (χ4n) is 10.6. The SMILES string of the molecule is CCOC(=O)CC[C@@]1(C)[C@H]([C@@](C)(O)CO)CC[C@]2(C)[C@@H]1CC[C@@H]1[C@@H]([C@]3(C)CC[C@H](C(C)(C)O)O3)CC[C@]12C. The Kier molecular flexibility index (Phi) is 7.96. The number of ether oxygens (including phenoxy) is 2. The van der Waals surface area contributed by atoms with E-state index < -0.39 is 11.2 Å². The van der Waals surface area contributed by atoms with Crippen LogP contribution in [0.25, 0.3) is 0 Å². The minimum atomic E-state index is -1.18. The van der Waals surface area contributed by atoms with Crippen LogP contribution < -0.4 is 0 Å². The van der Waals surface area contributed by atoms with Crippen LogP contribution in [0.5, 0.6) is 0 Å². The van der Waals surface area contributed by atoms with Crippen LogP contribution in [0, 0.1) is 39.9 Å². The van der Waals surface area contributed by atoms with E-state index in [0.717, 1.165) is 51.4 Å². The number of aliphatic hydroxyl groups excluding tert-OH is 1. The van der Waals surface area contributed by atoms with Crippen molar-refractivity contribution < 1.29 is 29.6 Å². The summed E-state index contributed by atoms with van der Waals surface area (Å²) < 4.78 is 12.0. The molecule has 0 bridgehead atoms. The van der Waals surface area contributed by atoms with Gasteiger partial charge in [0.15, 0.2) is 0 Å². The van der Waals surface area contributed by atoms with Gasteiger partial charge in [0.25, 0.3) is 0 Å². The molecule has 4 fully saturated rings.